The lowest BCUT2D eigenvalue weighted by atomic mass is 9.90. The number of rotatable bonds is 0. The van der Waals surface area contributed by atoms with Crippen molar-refractivity contribution < 1.29 is 0 Å². The van der Waals surface area contributed by atoms with Crippen molar-refractivity contribution in [1.82, 2.24) is 0 Å². The molecule has 2 nitrogen and oxygen atoms in total. The van der Waals surface area contributed by atoms with Gasteiger partial charge in [-0.15, -0.1) is 0 Å². The fourth-order valence-electron chi connectivity index (χ4n) is 1.69. The van der Waals surface area contributed by atoms with E-state index in [4.69, 9.17) is 10.8 Å². The summed E-state index contributed by atoms with van der Waals surface area (Å²) in [6.07, 6.45) is 0. The summed E-state index contributed by atoms with van der Waals surface area (Å²) in [7, 11) is 0. The van der Waals surface area contributed by atoms with Gasteiger partial charge in [0.2, 0.25) is 0 Å². The number of nitrogens with one attached hydrogen (secondary N) is 2. The van der Waals surface area contributed by atoms with Gasteiger partial charge >= 0.3 is 0 Å². The molecule has 0 aromatic heterocycles. The molecule has 0 aliphatic carbocycles. The van der Waals surface area contributed by atoms with Crippen molar-refractivity contribution in [2.24, 2.45) is 0 Å². The molecule has 2 N–H and O–H groups in total. The smallest absolute Gasteiger partial charge is 0.0831 e. The van der Waals surface area contributed by atoms with Crippen molar-refractivity contribution >= 4 is 6.01 Å². The molecule has 0 saturated heterocycles. The monoisotopic (exact) mass is 204 g/mol. The molecule has 2 heteroatoms. The standard InChI is InChI=1S/C12H18.CH2N2/c1-7-8(2)10(4)12(6)11(5)9(7)3;2-1-3/h1-6H3;2-3H. The molecular formula is C13H20N2. The van der Waals surface area contributed by atoms with Crippen LogP contribution in [-0.2, 0) is 0 Å². The van der Waals surface area contributed by atoms with Gasteiger partial charge in [0, 0.05) is 0 Å². The third-order valence-corrected chi connectivity index (χ3v) is 3.38. The minimum atomic E-state index is 1.25. The maximum Gasteiger partial charge on any atom is 0.0831 e. The Morgan fingerprint density at radius 3 is 0.667 bits per heavy atom. The Bertz CT molecular complexity index is 292. The van der Waals surface area contributed by atoms with E-state index in [1.54, 1.807) is 0 Å². The van der Waals surface area contributed by atoms with Crippen LogP contribution in [0.5, 0.6) is 0 Å². The highest BCUT2D eigenvalue weighted by Gasteiger charge is 2.07. The Morgan fingerprint density at radius 1 is 0.533 bits per heavy atom. The second kappa shape index (κ2) is 5.47. The molecule has 0 amide bonds. The summed E-state index contributed by atoms with van der Waals surface area (Å²) in [6, 6.07) is 1.25. The Balaban J connectivity index is 0.000000583. The van der Waals surface area contributed by atoms with Crippen LogP contribution in [0.25, 0.3) is 0 Å². The summed E-state index contributed by atoms with van der Waals surface area (Å²) in [5.74, 6) is 0. The molecule has 0 aliphatic rings. The van der Waals surface area contributed by atoms with Gasteiger partial charge in [0.1, 0.15) is 0 Å². The largest absolute Gasteiger partial charge is 0.242 e. The van der Waals surface area contributed by atoms with Gasteiger partial charge in [-0.3, -0.25) is 0 Å². The van der Waals surface area contributed by atoms with Gasteiger partial charge in [-0.1, -0.05) is 0 Å². The fourth-order valence-corrected chi connectivity index (χ4v) is 1.69. The number of hydrogen-bond acceptors (Lipinski definition) is 2. The van der Waals surface area contributed by atoms with Gasteiger partial charge in [0.25, 0.3) is 0 Å². The van der Waals surface area contributed by atoms with Gasteiger partial charge in [0.05, 0.1) is 6.01 Å². The lowest BCUT2D eigenvalue weighted by molar-refractivity contribution is 1.13. The van der Waals surface area contributed by atoms with Crippen molar-refractivity contribution in [2.75, 3.05) is 0 Å². The third-order valence-electron chi connectivity index (χ3n) is 3.38. The number of hydrogen-bond donors (Lipinski definition) is 2. The number of benzene rings is 1. The van der Waals surface area contributed by atoms with E-state index in [9.17, 15) is 0 Å². The quantitative estimate of drug-likeness (QED) is 0.603. The van der Waals surface area contributed by atoms with Crippen LogP contribution in [0, 0.1) is 52.4 Å². The first-order chi connectivity index (χ1) is 6.88. The van der Waals surface area contributed by atoms with Crippen molar-refractivity contribution in [2.45, 2.75) is 41.5 Å². The zero-order chi connectivity index (χ0) is 12.2. The molecule has 0 spiro atoms. The molecule has 0 saturated carbocycles. The maximum atomic E-state index is 5.62. The fraction of sp³-hybridized carbons (Fsp3) is 0.462. The zero-order valence-electron chi connectivity index (χ0n) is 10.5. The molecule has 0 fully saturated rings. The molecule has 15 heavy (non-hydrogen) atoms. The SMILES string of the molecule is Cc1c(C)c(C)c(C)c(C)c1C.N=C=N. The summed E-state index contributed by atoms with van der Waals surface area (Å²) < 4.78 is 0. The van der Waals surface area contributed by atoms with Gasteiger partial charge in [-0.2, -0.15) is 0 Å². The first kappa shape index (κ1) is 13.6. The summed E-state index contributed by atoms with van der Waals surface area (Å²) >= 11 is 0. The Labute approximate surface area is 92.4 Å². The van der Waals surface area contributed by atoms with Crippen molar-refractivity contribution in [3.05, 3.63) is 33.4 Å². The molecule has 0 radical (unpaired) electrons. The average molecular weight is 204 g/mol. The molecule has 1 aromatic rings. The highest BCUT2D eigenvalue weighted by molar-refractivity contribution is 5.48. The Kier molecular flexibility index (Phi) is 4.96. The van der Waals surface area contributed by atoms with E-state index in [1.165, 1.54) is 39.4 Å². The first-order valence-corrected chi connectivity index (χ1v) is 5.00. The lowest BCUT2D eigenvalue weighted by Crippen LogP contribution is -1.98. The molecular weight excluding hydrogens is 184 g/mol. The van der Waals surface area contributed by atoms with E-state index >= 15 is 0 Å². The topological polar surface area (TPSA) is 47.7 Å². The molecule has 0 heterocycles. The molecule has 0 aliphatic heterocycles. The van der Waals surface area contributed by atoms with Crippen LogP contribution in [0.15, 0.2) is 0 Å². The van der Waals surface area contributed by atoms with E-state index in [2.05, 4.69) is 41.5 Å². The van der Waals surface area contributed by atoms with E-state index in [0.717, 1.165) is 0 Å². The van der Waals surface area contributed by atoms with Gasteiger partial charge < -0.3 is 0 Å². The van der Waals surface area contributed by atoms with Crippen LogP contribution >= 0.6 is 0 Å². The van der Waals surface area contributed by atoms with E-state index in [-0.39, 0.29) is 0 Å². The van der Waals surface area contributed by atoms with Crippen LogP contribution in [-0.4, -0.2) is 6.01 Å². The third kappa shape index (κ3) is 2.77. The van der Waals surface area contributed by atoms with Gasteiger partial charge in [-0.25, -0.2) is 10.8 Å². The summed E-state index contributed by atoms with van der Waals surface area (Å²) in [5, 5.41) is 11.2. The van der Waals surface area contributed by atoms with Crippen molar-refractivity contribution in [3.63, 3.8) is 0 Å². The summed E-state index contributed by atoms with van der Waals surface area (Å²) in [4.78, 5) is 0. The van der Waals surface area contributed by atoms with Crippen molar-refractivity contribution in [1.29, 1.82) is 10.8 Å². The predicted molar refractivity (Wildman–Crippen MR) is 65.3 cm³/mol. The zero-order valence-corrected chi connectivity index (χ0v) is 10.5. The van der Waals surface area contributed by atoms with Crippen molar-refractivity contribution in [3.8, 4) is 0 Å². The normalized spacial score (nSPS) is 8.93. The summed E-state index contributed by atoms with van der Waals surface area (Å²) in [5.41, 5.74) is 8.73. The minimum Gasteiger partial charge on any atom is -0.242 e. The van der Waals surface area contributed by atoms with Crippen LogP contribution in [0.4, 0.5) is 0 Å². The molecule has 0 bridgehead atoms. The van der Waals surface area contributed by atoms with Gasteiger partial charge in [0.15, 0.2) is 0 Å². The van der Waals surface area contributed by atoms with Crippen LogP contribution in [0.3, 0.4) is 0 Å². The van der Waals surface area contributed by atoms with E-state index in [1.807, 2.05) is 0 Å². The Hall–Kier alpha value is -1.40. The first-order valence-electron chi connectivity index (χ1n) is 5.00. The minimum absolute atomic E-state index is 1.25. The molecule has 1 rings (SSSR count). The van der Waals surface area contributed by atoms with E-state index in [0.29, 0.717) is 0 Å². The lowest BCUT2D eigenvalue weighted by Gasteiger charge is -2.15. The molecule has 0 atom stereocenters. The average Bonchev–Trinajstić information content (AvgIpc) is 2.22. The van der Waals surface area contributed by atoms with Crippen LogP contribution < -0.4 is 0 Å². The Morgan fingerprint density at radius 2 is 0.600 bits per heavy atom. The van der Waals surface area contributed by atoms with Crippen LogP contribution in [0.1, 0.15) is 33.4 Å². The predicted octanol–water partition coefficient (Wildman–Crippen LogP) is 3.85. The second-order valence-corrected chi connectivity index (χ2v) is 3.88. The van der Waals surface area contributed by atoms with Crippen LogP contribution in [0.2, 0.25) is 0 Å². The highest BCUT2D eigenvalue weighted by Crippen LogP contribution is 2.24. The molecule has 1 aromatic carbocycles. The second-order valence-electron chi connectivity index (χ2n) is 3.88. The summed E-state index contributed by atoms with van der Waals surface area (Å²) in [6.45, 7) is 13.3. The molecule has 82 valence electrons. The molecule has 0 unspecified atom stereocenters. The van der Waals surface area contributed by atoms with Gasteiger partial charge in [-0.05, 0) is 74.9 Å². The highest BCUT2D eigenvalue weighted by atomic mass is 14.4. The van der Waals surface area contributed by atoms with E-state index < -0.39 is 0 Å². The maximum absolute atomic E-state index is 5.62.